The number of nitrogens with one attached hydrogen (secondary N) is 1. The summed E-state index contributed by atoms with van der Waals surface area (Å²) in [6, 6.07) is 0. The van der Waals surface area contributed by atoms with Crippen molar-refractivity contribution in [1.82, 2.24) is 5.32 Å². The Labute approximate surface area is 103 Å². The molecule has 4 nitrogen and oxygen atoms in total. The molecule has 1 aliphatic carbocycles. The molecule has 2 N–H and O–H groups in total. The maximum absolute atomic E-state index is 11.7. The highest BCUT2D eigenvalue weighted by molar-refractivity contribution is 5.78. The Kier molecular flexibility index (Phi) is 4.97. The molecule has 1 aliphatic rings. The number of amides is 1. The molecule has 0 spiro atoms. The van der Waals surface area contributed by atoms with E-state index < -0.39 is 11.4 Å². The summed E-state index contributed by atoms with van der Waals surface area (Å²) in [6.45, 7) is 3.44. The van der Waals surface area contributed by atoms with Gasteiger partial charge < -0.3 is 10.4 Å². The highest BCUT2D eigenvalue weighted by atomic mass is 16.4. The summed E-state index contributed by atoms with van der Waals surface area (Å²) >= 11 is 0. The Morgan fingerprint density at radius 2 is 1.82 bits per heavy atom. The zero-order valence-electron chi connectivity index (χ0n) is 10.8. The Bertz CT molecular complexity index is 280. The second-order valence-corrected chi connectivity index (χ2v) is 5.67. The van der Waals surface area contributed by atoms with Crippen molar-refractivity contribution in [1.29, 1.82) is 0 Å². The smallest absolute Gasteiger partial charge is 0.310 e. The van der Waals surface area contributed by atoms with Crippen LogP contribution in [0.4, 0.5) is 0 Å². The molecule has 0 atom stereocenters. The summed E-state index contributed by atoms with van der Waals surface area (Å²) in [7, 11) is 0. The van der Waals surface area contributed by atoms with Gasteiger partial charge >= 0.3 is 5.97 Å². The highest BCUT2D eigenvalue weighted by Gasteiger charge is 2.28. The van der Waals surface area contributed by atoms with Crippen LogP contribution in [0.1, 0.15) is 52.4 Å². The predicted molar refractivity (Wildman–Crippen MR) is 65.6 cm³/mol. The maximum atomic E-state index is 11.7. The third-order valence-electron chi connectivity index (χ3n) is 3.51. The maximum Gasteiger partial charge on any atom is 0.310 e. The Morgan fingerprint density at radius 3 is 2.35 bits per heavy atom. The number of rotatable bonds is 5. The van der Waals surface area contributed by atoms with Crippen LogP contribution in [-0.2, 0) is 9.59 Å². The van der Waals surface area contributed by atoms with E-state index in [1.807, 2.05) is 0 Å². The van der Waals surface area contributed by atoms with Gasteiger partial charge in [0.2, 0.25) is 5.91 Å². The van der Waals surface area contributed by atoms with Crippen LogP contribution < -0.4 is 5.32 Å². The van der Waals surface area contributed by atoms with Crippen molar-refractivity contribution >= 4 is 11.9 Å². The van der Waals surface area contributed by atoms with E-state index in [1.165, 1.54) is 19.3 Å². The Morgan fingerprint density at radius 1 is 1.24 bits per heavy atom. The van der Waals surface area contributed by atoms with Crippen LogP contribution in [0.25, 0.3) is 0 Å². The van der Waals surface area contributed by atoms with Gasteiger partial charge in [-0.05, 0) is 32.6 Å². The predicted octanol–water partition coefficient (Wildman–Crippen LogP) is 2.18. The second kappa shape index (κ2) is 6.03. The van der Waals surface area contributed by atoms with Crippen molar-refractivity contribution in [3.8, 4) is 0 Å². The Balaban J connectivity index is 2.27. The molecule has 0 aromatic carbocycles. The summed E-state index contributed by atoms with van der Waals surface area (Å²) in [4.78, 5) is 22.5. The number of carbonyl (C=O) groups is 2. The SMILES string of the molecule is CC(C)(CNC(=O)CC1CCCCC1)C(=O)O. The van der Waals surface area contributed by atoms with E-state index in [2.05, 4.69) is 5.32 Å². The summed E-state index contributed by atoms with van der Waals surface area (Å²) in [5, 5.41) is 11.7. The molecular weight excluding hydrogens is 218 g/mol. The first-order valence-electron chi connectivity index (χ1n) is 6.42. The number of aliphatic carboxylic acids is 1. The molecule has 0 unspecified atom stereocenters. The van der Waals surface area contributed by atoms with Crippen molar-refractivity contribution in [3.63, 3.8) is 0 Å². The van der Waals surface area contributed by atoms with Gasteiger partial charge in [-0.1, -0.05) is 19.3 Å². The summed E-state index contributed by atoms with van der Waals surface area (Å²) in [5.74, 6) is -0.390. The molecule has 17 heavy (non-hydrogen) atoms. The van der Waals surface area contributed by atoms with Crippen LogP contribution in [0.5, 0.6) is 0 Å². The van der Waals surface area contributed by atoms with Crippen molar-refractivity contribution in [2.45, 2.75) is 52.4 Å². The fourth-order valence-electron chi connectivity index (χ4n) is 2.12. The van der Waals surface area contributed by atoms with Gasteiger partial charge in [0.25, 0.3) is 0 Å². The molecule has 0 bridgehead atoms. The molecule has 98 valence electrons. The van der Waals surface area contributed by atoms with Gasteiger partial charge in [0, 0.05) is 13.0 Å². The van der Waals surface area contributed by atoms with Gasteiger partial charge in [-0.25, -0.2) is 0 Å². The average molecular weight is 241 g/mol. The van der Waals surface area contributed by atoms with Crippen LogP contribution in [0.3, 0.4) is 0 Å². The lowest BCUT2D eigenvalue weighted by molar-refractivity contribution is -0.146. The fourth-order valence-corrected chi connectivity index (χ4v) is 2.12. The van der Waals surface area contributed by atoms with Gasteiger partial charge in [-0.2, -0.15) is 0 Å². The normalized spacial score (nSPS) is 17.8. The third kappa shape index (κ3) is 4.75. The highest BCUT2D eigenvalue weighted by Crippen LogP contribution is 2.26. The number of hydrogen-bond acceptors (Lipinski definition) is 2. The quantitative estimate of drug-likeness (QED) is 0.775. The molecular formula is C13H23NO3. The van der Waals surface area contributed by atoms with Crippen LogP contribution in [-0.4, -0.2) is 23.5 Å². The molecule has 0 aliphatic heterocycles. The van der Waals surface area contributed by atoms with Crippen LogP contribution >= 0.6 is 0 Å². The minimum atomic E-state index is -0.887. The molecule has 0 heterocycles. The molecule has 0 saturated heterocycles. The topological polar surface area (TPSA) is 66.4 Å². The first-order valence-corrected chi connectivity index (χ1v) is 6.42. The number of hydrogen-bond donors (Lipinski definition) is 2. The molecule has 4 heteroatoms. The number of carboxylic acids is 1. The zero-order valence-corrected chi connectivity index (χ0v) is 10.8. The summed E-state index contributed by atoms with van der Waals surface area (Å²) in [6.07, 6.45) is 6.54. The molecule has 0 aromatic heterocycles. The van der Waals surface area contributed by atoms with E-state index in [4.69, 9.17) is 5.11 Å². The van der Waals surface area contributed by atoms with Crippen LogP contribution in [0.15, 0.2) is 0 Å². The molecule has 1 rings (SSSR count). The molecule has 0 radical (unpaired) electrons. The largest absolute Gasteiger partial charge is 0.481 e. The third-order valence-corrected chi connectivity index (χ3v) is 3.51. The van der Waals surface area contributed by atoms with Crippen molar-refractivity contribution in [2.75, 3.05) is 6.54 Å². The summed E-state index contributed by atoms with van der Waals surface area (Å²) in [5.41, 5.74) is -0.887. The van der Waals surface area contributed by atoms with Crippen LogP contribution in [0, 0.1) is 11.3 Å². The first-order chi connectivity index (χ1) is 7.92. The van der Waals surface area contributed by atoms with Crippen molar-refractivity contribution in [3.05, 3.63) is 0 Å². The lowest BCUT2D eigenvalue weighted by atomic mass is 9.86. The van der Waals surface area contributed by atoms with Crippen LogP contribution in [0.2, 0.25) is 0 Å². The Hall–Kier alpha value is -1.06. The molecule has 1 fully saturated rings. The lowest BCUT2D eigenvalue weighted by Crippen LogP contribution is -2.39. The monoisotopic (exact) mass is 241 g/mol. The van der Waals surface area contributed by atoms with Crippen molar-refractivity contribution < 1.29 is 14.7 Å². The molecule has 1 saturated carbocycles. The van der Waals surface area contributed by atoms with E-state index in [-0.39, 0.29) is 12.5 Å². The van der Waals surface area contributed by atoms with E-state index in [0.717, 1.165) is 12.8 Å². The lowest BCUT2D eigenvalue weighted by Gasteiger charge is -2.23. The second-order valence-electron chi connectivity index (χ2n) is 5.67. The first kappa shape index (κ1) is 14.0. The zero-order chi connectivity index (χ0) is 12.9. The minimum absolute atomic E-state index is 0.00812. The van der Waals surface area contributed by atoms with E-state index in [0.29, 0.717) is 12.3 Å². The number of carbonyl (C=O) groups excluding carboxylic acids is 1. The van der Waals surface area contributed by atoms with Crippen molar-refractivity contribution in [2.24, 2.45) is 11.3 Å². The van der Waals surface area contributed by atoms with Gasteiger partial charge in [-0.15, -0.1) is 0 Å². The average Bonchev–Trinajstić information content (AvgIpc) is 2.28. The standard InChI is InChI=1S/C13H23NO3/c1-13(2,12(16)17)9-14-11(15)8-10-6-4-3-5-7-10/h10H,3-9H2,1-2H3,(H,14,15)(H,16,17). The molecule has 1 amide bonds. The van der Waals surface area contributed by atoms with E-state index >= 15 is 0 Å². The van der Waals surface area contributed by atoms with Gasteiger partial charge in [0.15, 0.2) is 0 Å². The number of carboxylic acid groups (broad SMARTS) is 1. The van der Waals surface area contributed by atoms with Gasteiger partial charge in [0.05, 0.1) is 5.41 Å². The summed E-state index contributed by atoms with van der Waals surface area (Å²) < 4.78 is 0. The molecule has 0 aromatic rings. The van der Waals surface area contributed by atoms with E-state index in [1.54, 1.807) is 13.8 Å². The van der Waals surface area contributed by atoms with Gasteiger partial charge in [0.1, 0.15) is 0 Å². The fraction of sp³-hybridized carbons (Fsp3) is 0.846. The van der Waals surface area contributed by atoms with E-state index in [9.17, 15) is 9.59 Å². The van der Waals surface area contributed by atoms with Gasteiger partial charge in [-0.3, -0.25) is 9.59 Å². The minimum Gasteiger partial charge on any atom is -0.481 e.